The zero-order valence-electron chi connectivity index (χ0n) is 16.8. The Morgan fingerprint density at radius 1 is 1.29 bits per heavy atom. The molecule has 7 nitrogen and oxygen atoms in total. The molecule has 2 aromatic rings. The Labute approximate surface area is 175 Å². The maximum absolute atomic E-state index is 5.14. The molecule has 1 fully saturated rings. The van der Waals surface area contributed by atoms with Crippen molar-refractivity contribution in [1.82, 2.24) is 25.4 Å². The van der Waals surface area contributed by atoms with E-state index in [-0.39, 0.29) is 5.41 Å². The quantitative estimate of drug-likeness (QED) is 0.350. The number of hydrogen-bond acceptors (Lipinski definition) is 4. The smallest absolute Gasteiger partial charge is 0.191 e. The molecule has 152 valence electrons. The zero-order chi connectivity index (χ0) is 20.0. The molecule has 0 bridgehead atoms. The lowest BCUT2D eigenvalue weighted by Crippen LogP contribution is -2.42. The van der Waals surface area contributed by atoms with E-state index in [2.05, 4.69) is 61.0 Å². The van der Waals surface area contributed by atoms with E-state index in [9.17, 15) is 0 Å². The van der Waals surface area contributed by atoms with Gasteiger partial charge in [-0.15, -0.1) is 10.2 Å². The molecule has 1 aromatic carbocycles. The Morgan fingerprint density at radius 3 is 2.71 bits per heavy atom. The summed E-state index contributed by atoms with van der Waals surface area (Å²) in [7, 11) is 3.68. The van der Waals surface area contributed by atoms with E-state index in [0.717, 1.165) is 43.7 Å². The standard InChI is InChI=1S/C20H29BrN6O/c1-15-25-26-18(27(15)2)13-23-19(22-11-6-12-28-3)24-14-20(9-10-20)16-7-4-5-8-17(16)21/h4-5,7-8H,6,9-14H2,1-3H3,(H2,22,23,24). The second-order valence-electron chi connectivity index (χ2n) is 7.27. The average Bonchev–Trinajstić information content (AvgIpc) is 3.42. The van der Waals surface area contributed by atoms with E-state index < -0.39 is 0 Å². The number of halogens is 1. The molecule has 1 aromatic heterocycles. The second-order valence-corrected chi connectivity index (χ2v) is 8.13. The SMILES string of the molecule is COCCCNC(=NCc1nnc(C)n1C)NCC1(c2ccccc2Br)CC1. The molecular weight excluding hydrogens is 420 g/mol. The normalized spacial score (nSPS) is 15.5. The highest BCUT2D eigenvalue weighted by Gasteiger charge is 2.45. The number of nitrogens with zero attached hydrogens (tertiary/aromatic N) is 4. The van der Waals surface area contributed by atoms with Crippen molar-refractivity contribution in [3.8, 4) is 0 Å². The van der Waals surface area contributed by atoms with Crippen molar-refractivity contribution in [3.05, 3.63) is 46.0 Å². The molecule has 28 heavy (non-hydrogen) atoms. The molecule has 3 rings (SSSR count). The Balaban J connectivity index is 1.66. The summed E-state index contributed by atoms with van der Waals surface area (Å²) in [5, 5.41) is 15.3. The van der Waals surface area contributed by atoms with Gasteiger partial charge in [-0.05, 0) is 37.8 Å². The fourth-order valence-electron chi connectivity index (χ4n) is 3.17. The van der Waals surface area contributed by atoms with E-state index in [1.807, 2.05) is 18.5 Å². The van der Waals surface area contributed by atoms with Crippen LogP contribution in [-0.2, 0) is 23.7 Å². The summed E-state index contributed by atoms with van der Waals surface area (Å²) < 4.78 is 8.28. The van der Waals surface area contributed by atoms with Gasteiger partial charge >= 0.3 is 0 Å². The largest absolute Gasteiger partial charge is 0.385 e. The lowest BCUT2D eigenvalue weighted by molar-refractivity contribution is 0.195. The number of aryl methyl sites for hydroxylation is 1. The average molecular weight is 449 g/mol. The summed E-state index contributed by atoms with van der Waals surface area (Å²) in [4.78, 5) is 4.73. The third-order valence-corrected chi connectivity index (χ3v) is 5.96. The van der Waals surface area contributed by atoms with Gasteiger partial charge in [0.05, 0.1) is 0 Å². The zero-order valence-corrected chi connectivity index (χ0v) is 18.4. The van der Waals surface area contributed by atoms with Gasteiger partial charge in [0.2, 0.25) is 0 Å². The maximum Gasteiger partial charge on any atom is 0.191 e. The van der Waals surface area contributed by atoms with Crippen LogP contribution >= 0.6 is 15.9 Å². The van der Waals surface area contributed by atoms with E-state index in [1.165, 1.54) is 22.9 Å². The number of benzene rings is 1. The molecule has 1 aliphatic rings. The van der Waals surface area contributed by atoms with Crippen molar-refractivity contribution >= 4 is 21.9 Å². The molecule has 0 atom stereocenters. The molecule has 0 saturated heterocycles. The molecule has 8 heteroatoms. The topological polar surface area (TPSA) is 76.4 Å². The van der Waals surface area contributed by atoms with Crippen LogP contribution in [0.5, 0.6) is 0 Å². The van der Waals surface area contributed by atoms with E-state index >= 15 is 0 Å². The molecule has 0 aliphatic heterocycles. The van der Waals surface area contributed by atoms with Gasteiger partial charge in [-0.25, -0.2) is 4.99 Å². The first kappa shape index (κ1) is 20.8. The first-order valence-electron chi connectivity index (χ1n) is 9.67. The predicted molar refractivity (Wildman–Crippen MR) is 114 cm³/mol. The van der Waals surface area contributed by atoms with Crippen molar-refractivity contribution in [2.45, 2.75) is 38.1 Å². The van der Waals surface area contributed by atoms with Gasteiger partial charge in [-0.3, -0.25) is 0 Å². The van der Waals surface area contributed by atoms with Crippen molar-refractivity contribution in [2.75, 3.05) is 26.8 Å². The third kappa shape index (κ3) is 5.11. The number of guanidine groups is 1. The minimum atomic E-state index is 0.177. The van der Waals surface area contributed by atoms with Crippen LogP contribution in [0.2, 0.25) is 0 Å². The Morgan fingerprint density at radius 2 is 2.07 bits per heavy atom. The molecule has 0 amide bonds. The van der Waals surface area contributed by atoms with E-state index in [1.54, 1.807) is 7.11 Å². The number of aliphatic imine (C=N–C) groups is 1. The van der Waals surface area contributed by atoms with Crippen molar-refractivity contribution in [2.24, 2.45) is 12.0 Å². The van der Waals surface area contributed by atoms with Gasteiger partial charge in [-0.2, -0.15) is 0 Å². The summed E-state index contributed by atoms with van der Waals surface area (Å²) in [6.45, 7) is 4.81. The van der Waals surface area contributed by atoms with E-state index in [4.69, 9.17) is 9.73 Å². The minimum absolute atomic E-state index is 0.177. The van der Waals surface area contributed by atoms with Crippen LogP contribution in [0.25, 0.3) is 0 Å². The predicted octanol–water partition coefficient (Wildman–Crippen LogP) is 2.69. The minimum Gasteiger partial charge on any atom is -0.385 e. The Bertz CT molecular complexity index is 815. The van der Waals surface area contributed by atoms with Crippen molar-refractivity contribution in [1.29, 1.82) is 0 Å². The summed E-state index contributed by atoms with van der Waals surface area (Å²) >= 11 is 3.70. The highest BCUT2D eigenvalue weighted by molar-refractivity contribution is 9.10. The van der Waals surface area contributed by atoms with Gasteiger partial charge in [0.25, 0.3) is 0 Å². The highest BCUT2D eigenvalue weighted by atomic mass is 79.9. The monoisotopic (exact) mass is 448 g/mol. The highest BCUT2D eigenvalue weighted by Crippen LogP contribution is 2.49. The van der Waals surface area contributed by atoms with E-state index in [0.29, 0.717) is 6.54 Å². The van der Waals surface area contributed by atoms with Gasteiger partial charge in [0.1, 0.15) is 12.4 Å². The second kappa shape index (κ2) is 9.52. The van der Waals surface area contributed by atoms with Gasteiger partial charge in [0, 0.05) is 43.7 Å². The molecule has 0 unspecified atom stereocenters. The number of aromatic nitrogens is 3. The summed E-state index contributed by atoms with van der Waals surface area (Å²) in [5.41, 5.74) is 1.54. The van der Waals surface area contributed by atoms with Gasteiger partial charge in [-0.1, -0.05) is 34.1 Å². The number of methoxy groups -OCH3 is 1. The lowest BCUT2D eigenvalue weighted by Gasteiger charge is -2.20. The van der Waals surface area contributed by atoms with Crippen LogP contribution in [0, 0.1) is 6.92 Å². The Hall–Kier alpha value is -1.93. The number of nitrogens with one attached hydrogen (secondary N) is 2. The van der Waals surface area contributed by atoms with Crippen LogP contribution in [0.1, 0.15) is 36.5 Å². The first-order valence-corrected chi connectivity index (χ1v) is 10.5. The molecule has 2 N–H and O–H groups in total. The summed E-state index contributed by atoms with van der Waals surface area (Å²) in [5.74, 6) is 2.54. The molecule has 1 heterocycles. The molecule has 0 spiro atoms. The summed E-state index contributed by atoms with van der Waals surface area (Å²) in [6.07, 6.45) is 3.29. The summed E-state index contributed by atoms with van der Waals surface area (Å²) in [6, 6.07) is 8.49. The van der Waals surface area contributed by atoms with Crippen LogP contribution in [0.4, 0.5) is 0 Å². The van der Waals surface area contributed by atoms with Crippen molar-refractivity contribution < 1.29 is 4.74 Å². The van der Waals surface area contributed by atoms with Gasteiger partial charge < -0.3 is 19.9 Å². The van der Waals surface area contributed by atoms with Crippen LogP contribution in [0.15, 0.2) is 33.7 Å². The lowest BCUT2D eigenvalue weighted by atomic mass is 9.96. The first-order chi connectivity index (χ1) is 13.6. The fraction of sp³-hybridized carbons (Fsp3) is 0.550. The number of ether oxygens (including phenoxy) is 1. The fourth-order valence-corrected chi connectivity index (χ4v) is 3.88. The number of rotatable bonds is 9. The van der Waals surface area contributed by atoms with Crippen LogP contribution in [-0.4, -0.2) is 47.5 Å². The van der Waals surface area contributed by atoms with Crippen LogP contribution < -0.4 is 10.6 Å². The molecule has 1 aliphatic carbocycles. The molecular formula is C20H29BrN6O. The molecule has 1 saturated carbocycles. The van der Waals surface area contributed by atoms with Crippen molar-refractivity contribution in [3.63, 3.8) is 0 Å². The molecule has 0 radical (unpaired) electrons. The Kier molecular flexibility index (Phi) is 7.07. The van der Waals surface area contributed by atoms with Crippen LogP contribution in [0.3, 0.4) is 0 Å². The van der Waals surface area contributed by atoms with Gasteiger partial charge in [0.15, 0.2) is 11.8 Å². The third-order valence-electron chi connectivity index (χ3n) is 5.27. The number of hydrogen-bond donors (Lipinski definition) is 2. The maximum atomic E-state index is 5.14.